The summed E-state index contributed by atoms with van der Waals surface area (Å²) >= 11 is 0. The van der Waals surface area contributed by atoms with Gasteiger partial charge in [-0.3, -0.25) is 5.41 Å². The standard InChI is InChI=1S/C13H20N8O3/c14-8-3-9(15)13(20-12(8)18-7(5-23)6-24)19-10-4-17-21(1-2-22)11(10)16/h3-4,7,16,22-24H,1-2,5-6,14-15H2,(H,18,20). The number of nitrogens with zero attached hydrogens (tertiary/aromatic N) is 4. The number of aliphatic hydroxyl groups is 3. The summed E-state index contributed by atoms with van der Waals surface area (Å²) in [5.41, 5.74) is 12.4. The molecule has 0 fully saturated rings. The van der Waals surface area contributed by atoms with Crippen LogP contribution in [0, 0.1) is 5.41 Å². The number of hydrogen-bond acceptors (Lipinski definition) is 10. The van der Waals surface area contributed by atoms with Crippen LogP contribution in [-0.2, 0) is 0 Å². The number of hydrazone groups is 1. The van der Waals surface area contributed by atoms with Crippen LogP contribution in [0.25, 0.3) is 0 Å². The largest absolute Gasteiger partial charge is 0.396 e. The molecule has 0 amide bonds. The Morgan fingerprint density at radius 1 is 1.25 bits per heavy atom. The van der Waals surface area contributed by atoms with Crippen molar-refractivity contribution in [2.45, 2.75) is 6.04 Å². The van der Waals surface area contributed by atoms with Crippen molar-refractivity contribution in [2.75, 3.05) is 43.1 Å². The Morgan fingerprint density at radius 3 is 2.58 bits per heavy atom. The van der Waals surface area contributed by atoms with Crippen LogP contribution >= 0.6 is 0 Å². The van der Waals surface area contributed by atoms with Crippen LogP contribution in [0.4, 0.5) is 23.0 Å². The van der Waals surface area contributed by atoms with E-state index in [-0.39, 0.29) is 60.9 Å². The number of amidine groups is 1. The van der Waals surface area contributed by atoms with Gasteiger partial charge in [0.2, 0.25) is 0 Å². The Labute approximate surface area is 137 Å². The number of rotatable bonds is 7. The molecule has 11 heteroatoms. The summed E-state index contributed by atoms with van der Waals surface area (Å²) in [5.74, 6) is 0.351. The van der Waals surface area contributed by atoms with E-state index < -0.39 is 6.04 Å². The van der Waals surface area contributed by atoms with Crippen molar-refractivity contribution in [3.8, 4) is 0 Å². The molecule has 9 N–H and O–H groups in total. The fourth-order valence-electron chi connectivity index (χ4n) is 1.92. The Bertz CT molecular complexity index is 671. The molecule has 2 rings (SSSR count). The van der Waals surface area contributed by atoms with E-state index >= 15 is 0 Å². The molecule has 11 nitrogen and oxygen atoms in total. The predicted molar refractivity (Wildman–Crippen MR) is 91.7 cm³/mol. The van der Waals surface area contributed by atoms with E-state index in [1.165, 1.54) is 17.3 Å². The maximum atomic E-state index is 9.13. The first-order chi connectivity index (χ1) is 11.5. The molecule has 1 aliphatic heterocycles. The highest BCUT2D eigenvalue weighted by molar-refractivity contribution is 6.63. The molecule has 0 saturated carbocycles. The normalized spacial score (nSPS) is 15.8. The lowest BCUT2D eigenvalue weighted by atomic mass is 10.3. The minimum Gasteiger partial charge on any atom is -0.396 e. The lowest BCUT2D eigenvalue weighted by molar-refractivity contribution is 0.203. The molecule has 0 aliphatic carbocycles. The molecule has 0 saturated heterocycles. The first-order valence-corrected chi connectivity index (χ1v) is 7.14. The zero-order valence-electron chi connectivity index (χ0n) is 12.8. The fraction of sp³-hybridized carbons (Fsp3) is 0.385. The maximum Gasteiger partial charge on any atom is 0.178 e. The number of β-amino-alcohol motifs (C(OH)–C–C–N with tert-alkyl or cyclic N) is 1. The molecule has 0 aromatic carbocycles. The number of nitrogen functional groups attached to an aromatic ring is 2. The average Bonchev–Trinajstić information content (AvgIpc) is 2.90. The summed E-state index contributed by atoms with van der Waals surface area (Å²) in [7, 11) is 0. The average molecular weight is 336 g/mol. The molecular formula is C13H20N8O3. The predicted octanol–water partition coefficient (Wildman–Crippen LogP) is -1.65. The summed E-state index contributed by atoms with van der Waals surface area (Å²) in [6.45, 7) is -0.577. The number of nitrogens with two attached hydrogens (primary N) is 2. The topological polar surface area (TPSA) is 189 Å². The van der Waals surface area contributed by atoms with Gasteiger partial charge in [-0.2, -0.15) is 5.10 Å². The Kier molecular flexibility index (Phi) is 5.63. The summed E-state index contributed by atoms with van der Waals surface area (Å²) in [4.78, 5) is 8.37. The molecule has 0 bridgehead atoms. The lowest BCUT2D eigenvalue weighted by Crippen LogP contribution is -2.29. The third-order valence-corrected chi connectivity index (χ3v) is 3.20. The van der Waals surface area contributed by atoms with Gasteiger partial charge in [-0.15, -0.1) is 0 Å². The van der Waals surface area contributed by atoms with Gasteiger partial charge in [-0.25, -0.2) is 15.0 Å². The number of nitrogens with one attached hydrogen (secondary N) is 2. The number of aromatic nitrogens is 1. The summed E-state index contributed by atoms with van der Waals surface area (Å²) in [6.07, 6.45) is 1.37. The Hall–Kier alpha value is -2.76. The zero-order chi connectivity index (χ0) is 17.7. The van der Waals surface area contributed by atoms with Gasteiger partial charge in [-0.05, 0) is 6.07 Å². The number of hydrogen-bond donors (Lipinski definition) is 7. The molecule has 0 spiro atoms. The van der Waals surface area contributed by atoms with Crippen LogP contribution in [-0.4, -0.2) is 75.5 Å². The smallest absolute Gasteiger partial charge is 0.178 e. The van der Waals surface area contributed by atoms with E-state index in [0.29, 0.717) is 0 Å². The van der Waals surface area contributed by atoms with Gasteiger partial charge in [0.1, 0.15) is 5.71 Å². The van der Waals surface area contributed by atoms with Crippen molar-refractivity contribution in [1.29, 1.82) is 5.41 Å². The maximum absolute atomic E-state index is 9.13. The van der Waals surface area contributed by atoms with Gasteiger partial charge in [0.05, 0.1) is 50.0 Å². The Balaban J connectivity index is 2.29. The highest BCUT2D eigenvalue weighted by Gasteiger charge is 2.21. The van der Waals surface area contributed by atoms with Crippen LogP contribution in [0.15, 0.2) is 16.2 Å². The van der Waals surface area contributed by atoms with Crippen molar-refractivity contribution in [3.05, 3.63) is 6.07 Å². The number of aliphatic hydroxyl groups excluding tert-OH is 3. The molecule has 0 radical (unpaired) electrons. The second kappa shape index (κ2) is 7.68. The fourth-order valence-corrected chi connectivity index (χ4v) is 1.92. The third-order valence-electron chi connectivity index (χ3n) is 3.20. The van der Waals surface area contributed by atoms with E-state index in [9.17, 15) is 0 Å². The lowest BCUT2D eigenvalue weighted by Gasteiger charge is -2.16. The minimum atomic E-state index is -0.629. The van der Waals surface area contributed by atoms with Crippen molar-refractivity contribution >= 4 is 40.8 Å². The summed E-state index contributed by atoms with van der Waals surface area (Å²) in [6, 6.07) is 0.817. The molecule has 1 aliphatic rings. The zero-order valence-corrected chi connectivity index (χ0v) is 12.8. The molecule has 1 aromatic rings. The van der Waals surface area contributed by atoms with E-state index in [1.54, 1.807) is 0 Å². The van der Waals surface area contributed by atoms with Gasteiger partial charge in [0, 0.05) is 0 Å². The minimum absolute atomic E-state index is 0.0141. The van der Waals surface area contributed by atoms with Crippen molar-refractivity contribution in [3.63, 3.8) is 0 Å². The number of pyridine rings is 1. The van der Waals surface area contributed by atoms with Gasteiger partial charge in [0.25, 0.3) is 0 Å². The molecule has 0 unspecified atom stereocenters. The van der Waals surface area contributed by atoms with Gasteiger partial charge >= 0.3 is 0 Å². The Morgan fingerprint density at radius 2 is 1.96 bits per heavy atom. The molecule has 2 heterocycles. The van der Waals surface area contributed by atoms with Gasteiger partial charge < -0.3 is 32.1 Å². The van der Waals surface area contributed by atoms with Crippen LogP contribution in [0.3, 0.4) is 0 Å². The highest BCUT2D eigenvalue weighted by Crippen LogP contribution is 2.28. The number of anilines is 3. The van der Waals surface area contributed by atoms with Crippen molar-refractivity contribution in [2.24, 2.45) is 10.1 Å². The second-order valence-electron chi connectivity index (χ2n) is 4.98. The van der Waals surface area contributed by atoms with Crippen LogP contribution < -0.4 is 16.8 Å². The first-order valence-electron chi connectivity index (χ1n) is 7.14. The molecule has 0 atom stereocenters. The van der Waals surface area contributed by atoms with Crippen molar-refractivity contribution in [1.82, 2.24) is 9.99 Å². The molecule has 24 heavy (non-hydrogen) atoms. The van der Waals surface area contributed by atoms with Crippen LogP contribution in [0.2, 0.25) is 0 Å². The van der Waals surface area contributed by atoms with E-state index in [1.807, 2.05) is 0 Å². The molecular weight excluding hydrogens is 316 g/mol. The monoisotopic (exact) mass is 336 g/mol. The highest BCUT2D eigenvalue weighted by atomic mass is 16.3. The molecule has 130 valence electrons. The van der Waals surface area contributed by atoms with Crippen molar-refractivity contribution < 1.29 is 15.3 Å². The first kappa shape index (κ1) is 17.6. The van der Waals surface area contributed by atoms with E-state index in [0.717, 1.165) is 0 Å². The van der Waals surface area contributed by atoms with Gasteiger partial charge in [-0.1, -0.05) is 0 Å². The SMILES string of the molecule is N=C1C(=Nc2nc(NC(CO)CO)c(N)cc2N)C=NN1CCO. The second-order valence-corrected chi connectivity index (χ2v) is 4.98. The van der Waals surface area contributed by atoms with E-state index in [2.05, 4.69) is 20.4 Å². The quantitative estimate of drug-likeness (QED) is 0.308. The van der Waals surface area contributed by atoms with Crippen LogP contribution in [0.1, 0.15) is 0 Å². The van der Waals surface area contributed by atoms with E-state index in [4.69, 9.17) is 32.2 Å². The third kappa shape index (κ3) is 3.76. The molecule has 1 aromatic heterocycles. The number of aliphatic imine (C=N–C) groups is 1. The summed E-state index contributed by atoms with van der Waals surface area (Å²) < 4.78 is 0. The summed E-state index contributed by atoms with van der Waals surface area (Å²) in [5, 5.41) is 43.1. The van der Waals surface area contributed by atoms with Crippen LogP contribution in [0.5, 0.6) is 0 Å². The van der Waals surface area contributed by atoms with Gasteiger partial charge in [0.15, 0.2) is 17.5 Å².